The Labute approximate surface area is 107 Å². The van der Waals surface area contributed by atoms with Crippen molar-refractivity contribution in [2.24, 2.45) is 0 Å². The molecule has 0 aromatic heterocycles. The van der Waals surface area contributed by atoms with E-state index in [0.29, 0.717) is 19.6 Å². The Kier molecular flexibility index (Phi) is 6.25. The van der Waals surface area contributed by atoms with Crippen LogP contribution in [0.1, 0.15) is 39.0 Å². The van der Waals surface area contributed by atoms with Crippen LogP contribution in [-0.2, 0) is 10.2 Å². The molecule has 0 aromatic rings. The van der Waals surface area contributed by atoms with E-state index in [1.807, 2.05) is 0 Å². The lowest BCUT2D eigenvalue weighted by Crippen LogP contribution is -2.44. The van der Waals surface area contributed by atoms with E-state index >= 15 is 0 Å². The summed E-state index contributed by atoms with van der Waals surface area (Å²) in [5, 5.41) is 0. The number of alkyl halides is 1. The Hall–Kier alpha value is 0.350. The molecule has 0 amide bonds. The van der Waals surface area contributed by atoms with Gasteiger partial charge in [0, 0.05) is 24.5 Å². The molecule has 6 heteroatoms. The number of halogens is 1. The number of nitrogens with one attached hydrogen (secondary N) is 1. The minimum atomic E-state index is -3.24. The predicted octanol–water partition coefficient (Wildman–Crippen LogP) is 1.87. The molecule has 0 radical (unpaired) electrons. The van der Waals surface area contributed by atoms with Gasteiger partial charge in [-0.15, -0.1) is 0 Å². The fraction of sp³-hybridized carbons (Fsp3) is 1.00. The molecule has 1 unspecified atom stereocenters. The molecule has 1 saturated heterocycles. The first-order valence-corrected chi connectivity index (χ1v) is 8.30. The fourth-order valence-corrected chi connectivity index (χ4v) is 3.97. The average molecular weight is 313 g/mol. The molecule has 0 aromatic carbocycles. The quantitative estimate of drug-likeness (QED) is 0.761. The van der Waals surface area contributed by atoms with Crippen molar-refractivity contribution in [2.75, 3.05) is 19.6 Å². The molecule has 0 bridgehead atoms. The van der Waals surface area contributed by atoms with Gasteiger partial charge in [0.15, 0.2) is 0 Å². The van der Waals surface area contributed by atoms with Crippen molar-refractivity contribution in [3.63, 3.8) is 0 Å². The van der Waals surface area contributed by atoms with Crippen LogP contribution < -0.4 is 4.72 Å². The molecule has 0 spiro atoms. The summed E-state index contributed by atoms with van der Waals surface area (Å²) in [4.78, 5) is 0.233. The highest BCUT2D eigenvalue weighted by molar-refractivity contribution is 9.09. The molecule has 96 valence electrons. The summed E-state index contributed by atoms with van der Waals surface area (Å²) in [5.41, 5.74) is 0. The van der Waals surface area contributed by atoms with Gasteiger partial charge < -0.3 is 0 Å². The molecule has 1 N–H and O–H groups in total. The zero-order chi connectivity index (χ0) is 12.0. The number of hydrogen-bond donors (Lipinski definition) is 1. The van der Waals surface area contributed by atoms with Crippen LogP contribution in [0, 0.1) is 0 Å². The van der Waals surface area contributed by atoms with Gasteiger partial charge in [-0.25, -0.2) is 4.72 Å². The zero-order valence-corrected chi connectivity index (χ0v) is 12.2. The van der Waals surface area contributed by atoms with Crippen molar-refractivity contribution < 1.29 is 8.42 Å². The van der Waals surface area contributed by atoms with Gasteiger partial charge in [-0.1, -0.05) is 35.7 Å². The van der Waals surface area contributed by atoms with Gasteiger partial charge >= 0.3 is 0 Å². The molecular formula is C10H21BrN2O2S. The molecule has 1 rings (SSSR count). The van der Waals surface area contributed by atoms with Crippen LogP contribution in [-0.4, -0.2) is 37.2 Å². The van der Waals surface area contributed by atoms with Crippen molar-refractivity contribution in [1.29, 1.82) is 0 Å². The van der Waals surface area contributed by atoms with Crippen molar-refractivity contribution >= 4 is 26.1 Å². The maximum absolute atomic E-state index is 11.9. The van der Waals surface area contributed by atoms with Gasteiger partial charge in [0.1, 0.15) is 0 Å². The maximum atomic E-state index is 11.9. The lowest BCUT2D eigenvalue weighted by atomic mass is 10.2. The van der Waals surface area contributed by atoms with Gasteiger partial charge in [0.2, 0.25) is 0 Å². The molecule has 1 fully saturated rings. The Morgan fingerprint density at radius 2 is 1.94 bits per heavy atom. The van der Waals surface area contributed by atoms with Gasteiger partial charge in [-0.3, -0.25) is 0 Å². The highest BCUT2D eigenvalue weighted by Crippen LogP contribution is 2.13. The Morgan fingerprint density at radius 1 is 1.31 bits per heavy atom. The second kappa shape index (κ2) is 6.93. The minimum absolute atomic E-state index is 0.233. The Bertz CT molecular complexity index is 289. The summed E-state index contributed by atoms with van der Waals surface area (Å²) in [6.07, 6.45) is 5.15. The summed E-state index contributed by atoms with van der Waals surface area (Å²) in [6.45, 7) is 3.90. The Morgan fingerprint density at radius 3 is 2.50 bits per heavy atom. The maximum Gasteiger partial charge on any atom is 0.279 e. The molecule has 0 saturated carbocycles. The van der Waals surface area contributed by atoms with Crippen LogP contribution in [0.3, 0.4) is 0 Å². The monoisotopic (exact) mass is 312 g/mol. The normalized spacial score (nSPS) is 20.9. The van der Waals surface area contributed by atoms with Crippen LogP contribution in [0.2, 0.25) is 0 Å². The van der Waals surface area contributed by atoms with E-state index in [2.05, 4.69) is 27.6 Å². The number of piperidine rings is 1. The summed E-state index contributed by atoms with van der Waals surface area (Å²) in [5.74, 6) is 0. The molecule has 1 atom stereocenters. The molecular weight excluding hydrogens is 292 g/mol. The predicted molar refractivity (Wildman–Crippen MR) is 70.0 cm³/mol. The average Bonchev–Trinajstić information content (AvgIpc) is 2.28. The summed E-state index contributed by atoms with van der Waals surface area (Å²) < 4.78 is 28.0. The van der Waals surface area contributed by atoms with Crippen molar-refractivity contribution in [3.05, 3.63) is 0 Å². The molecule has 1 aliphatic rings. The van der Waals surface area contributed by atoms with E-state index in [0.717, 1.165) is 32.1 Å². The van der Waals surface area contributed by atoms with Crippen LogP contribution in [0.25, 0.3) is 0 Å². The van der Waals surface area contributed by atoms with Crippen LogP contribution in [0.15, 0.2) is 0 Å². The van der Waals surface area contributed by atoms with Crippen molar-refractivity contribution in [2.45, 2.75) is 43.9 Å². The summed E-state index contributed by atoms with van der Waals surface area (Å²) >= 11 is 3.47. The first-order valence-electron chi connectivity index (χ1n) is 5.95. The van der Waals surface area contributed by atoms with E-state index in [1.165, 1.54) is 0 Å². The zero-order valence-electron chi connectivity index (χ0n) is 9.78. The second-order valence-corrected chi connectivity index (χ2v) is 7.25. The minimum Gasteiger partial charge on any atom is -0.201 e. The van der Waals surface area contributed by atoms with Gasteiger partial charge in [0.25, 0.3) is 10.2 Å². The van der Waals surface area contributed by atoms with E-state index in [-0.39, 0.29) is 4.83 Å². The van der Waals surface area contributed by atoms with Gasteiger partial charge in [0.05, 0.1) is 0 Å². The summed E-state index contributed by atoms with van der Waals surface area (Å²) in [7, 11) is -3.24. The second-order valence-electron chi connectivity index (χ2n) is 4.20. The first kappa shape index (κ1) is 14.4. The van der Waals surface area contributed by atoms with Crippen molar-refractivity contribution in [3.8, 4) is 0 Å². The third kappa shape index (κ3) is 4.69. The highest BCUT2D eigenvalue weighted by atomic mass is 79.9. The Balaban J connectivity index is 2.38. The van der Waals surface area contributed by atoms with E-state index in [9.17, 15) is 8.42 Å². The topological polar surface area (TPSA) is 49.4 Å². The van der Waals surface area contributed by atoms with Crippen LogP contribution in [0.4, 0.5) is 0 Å². The van der Waals surface area contributed by atoms with Gasteiger partial charge in [-0.05, 0) is 19.3 Å². The van der Waals surface area contributed by atoms with Crippen molar-refractivity contribution in [1.82, 2.24) is 9.03 Å². The summed E-state index contributed by atoms with van der Waals surface area (Å²) in [6, 6.07) is 0. The lowest BCUT2D eigenvalue weighted by Gasteiger charge is -2.26. The molecule has 16 heavy (non-hydrogen) atoms. The fourth-order valence-electron chi connectivity index (χ4n) is 1.81. The van der Waals surface area contributed by atoms with Gasteiger partial charge in [-0.2, -0.15) is 12.7 Å². The molecule has 4 nitrogen and oxygen atoms in total. The third-order valence-corrected chi connectivity index (χ3v) is 5.10. The van der Waals surface area contributed by atoms with E-state index in [4.69, 9.17) is 0 Å². The number of hydrogen-bond acceptors (Lipinski definition) is 2. The van der Waals surface area contributed by atoms with Crippen LogP contribution in [0.5, 0.6) is 0 Å². The SMILES string of the molecule is CCCC(Br)CNS(=O)(=O)N1CCCCC1. The standard InChI is InChI=1S/C10H21BrN2O2S/c1-2-6-10(11)9-12-16(14,15)13-7-4-3-5-8-13/h10,12H,2-9H2,1H3. The lowest BCUT2D eigenvalue weighted by molar-refractivity contribution is 0.341. The molecule has 1 aliphatic heterocycles. The highest BCUT2D eigenvalue weighted by Gasteiger charge is 2.23. The third-order valence-electron chi connectivity index (χ3n) is 2.74. The number of rotatable bonds is 6. The number of nitrogens with zero attached hydrogens (tertiary/aromatic N) is 1. The first-order chi connectivity index (χ1) is 7.56. The smallest absolute Gasteiger partial charge is 0.201 e. The largest absolute Gasteiger partial charge is 0.279 e. The van der Waals surface area contributed by atoms with Crippen LogP contribution >= 0.6 is 15.9 Å². The van der Waals surface area contributed by atoms with E-state index < -0.39 is 10.2 Å². The molecule has 1 heterocycles. The molecule has 0 aliphatic carbocycles. The van der Waals surface area contributed by atoms with E-state index in [1.54, 1.807) is 4.31 Å².